The average Bonchev–Trinajstić information content (AvgIpc) is 3.13. The molecule has 1 aliphatic heterocycles. The van der Waals surface area contributed by atoms with E-state index < -0.39 is 10.0 Å². The number of piperidine rings is 1. The fraction of sp³-hybridized carbons (Fsp3) is 0.556. The van der Waals surface area contributed by atoms with Crippen molar-refractivity contribution in [3.8, 4) is 5.75 Å². The molecule has 1 atom stereocenters. The third-order valence-electron chi connectivity index (χ3n) is 4.97. The summed E-state index contributed by atoms with van der Waals surface area (Å²) >= 11 is 6.18. The van der Waals surface area contributed by atoms with Gasteiger partial charge in [-0.1, -0.05) is 11.6 Å². The topological polar surface area (TPSA) is 77.3 Å². The van der Waals surface area contributed by atoms with Crippen LogP contribution in [0.3, 0.4) is 0 Å². The SMILES string of the molecule is COc1cc(C)c(S(=O)(=O)N2CCCC(c3nncn3C(C)C)C2)cc1Cl. The van der Waals surface area contributed by atoms with Crippen LogP contribution < -0.4 is 4.74 Å². The highest BCUT2D eigenvalue weighted by Crippen LogP contribution is 2.34. The molecule has 0 bridgehead atoms. The Labute approximate surface area is 165 Å². The number of hydrogen-bond acceptors (Lipinski definition) is 5. The molecule has 1 aromatic heterocycles. The van der Waals surface area contributed by atoms with Gasteiger partial charge in [-0.3, -0.25) is 0 Å². The Morgan fingerprint density at radius 2 is 2.07 bits per heavy atom. The summed E-state index contributed by atoms with van der Waals surface area (Å²) in [6.45, 7) is 6.75. The zero-order valence-corrected chi connectivity index (χ0v) is 17.6. The van der Waals surface area contributed by atoms with Crippen LogP contribution in [0.15, 0.2) is 23.4 Å². The van der Waals surface area contributed by atoms with Gasteiger partial charge in [0.1, 0.15) is 17.9 Å². The minimum Gasteiger partial charge on any atom is -0.495 e. The number of aromatic nitrogens is 3. The standard InChI is InChI=1S/C18H25ClN4O3S/c1-12(2)23-11-20-21-18(23)14-6-5-7-22(10-14)27(24,25)17-9-15(19)16(26-4)8-13(17)3/h8-9,11-12,14H,5-7,10H2,1-4H3. The number of hydrogen-bond donors (Lipinski definition) is 0. The van der Waals surface area contributed by atoms with Gasteiger partial charge in [0.2, 0.25) is 10.0 Å². The molecule has 2 heterocycles. The lowest BCUT2D eigenvalue weighted by Gasteiger charge is -2.32. The molecule has 1 saturated heterocycles. The monoisotopic (exact) mass is 412 g/mol. The van der Waals surface area contributed by atoms with Crippen LogP contribution >= 0.6 is 11.6 Å². The van der Waals surface area contributed by atoms with Crippen molar-refractivity contribution in [1.82, 2.24) is 19.1 Å². The van der Waals surface area contributed by atoms with E-state index in [0.29, 0.717) is 24.4 Å². The van der Waals surface area contributed by atoms with Crippen LogP contribution in [0.1, 0.15) is 50.0 Å². The normalized spacial score (nSPS) is 18.8. The lowest BCUT2D eigenvalue weighted by molar-refractivity contribution is 0.302. The molecule has 0 amide bonds. The second-order valence-corrected chi connectivity index (χ2v) is 9.46. The Kier molecular flexibility index (Phi) is 5.79. The highest BCUT2D eigenvalue weighted by Gasteiger charge is 2.34. The van der Waals surface area contributed by atoms with Gasteiger partial charge in [-0.05, 0) is 51.3 Å². The van der Waals surface area contributed by atoms with E-state index in [1.54, 1.807) is 19.3 Å². The zero-order chi connectivity index (χ0) is 19.8. The van der Waals surface area contributed by atoms with Crippen molar-refractivity contribution in [1.29, 1.82) is 0 Å². The van der Waals surface area contributed by atoms with Crippen molar-refractivity contribution < 1.29 is 13.2 Å². The van der Waals surface area contributed by atoms with E-state index >= 15 is 0 Å². The molecule has 1 unspecified atom stereocenters. The van der Waals surface area contributed by atoms with Crippen LogP contribution in [0.25, 0.3) is 0 Å². The van der Waals surface area contributed by atoms with Crippen molar-refractivity contribution in [3.63, 3.8) is 0 Å². The largest absolute Gasteiger partial charge is 0.495 e. The second-order valence-electron chi connectivity index (χ2n) is 7.14. The smallest absolute Gasteiger partial charge is 0.243 e. The number of benzene rings is 1. The molecule has 0 saturated carbocycles. The van der Waals surface area contributed by atoms with Crippen LogP contribution in [0.4, 0.5) is 0 Å². The average molecular weight is 413 g/mol. The zero-order valence-electron chi connectivity index (χ0n) is 16.0. The van der Waals surface area contributed by atoms with Crippen molar-refractivity contribution >= 4 is 21.6 Å². The summed E-state index contributed by atoms with van der Waals surface area (Å²) in [7, 11) is -2.15. The molecular formula is C18H25ClN4O3S. The highest BCUT2D eigenvalue weighted by atomic mass is 35.5. The Hall–Kier alpha value is -1.64. The highest BCUT2D eigenvalue weighted by molar-refractivity contribution is 7.89. The molecule has 0 N–H and O–H groups in total. The number of halogens is 1. The Balaban J connectivity index is 1.91. The fourth-order valence-electron chi connectivity index (χ4n) is 3.52. The molecule has 1 aliphatic rings. The molecular weight excluding hydrogens is 388 g/mol. The third-order valence-corrected chi connectivity index (χ3v) is 7.28. The first kappa shape index (κ1) is 20.1. The summed E-state index contributed by atoms with van der Waals surface area (Å²) in [6.07, 6.45) is 3.37. The molecule has 3 rings (SSSR count). The summed E-state index contributed by atoms with van der Waals surface area (Å²) in [6, 6.07) is 3.36. The summed E-state index contributed by atoms with van der Waals surface area (Å²) < 4.78 is 35.3. The van der Waals surface area contributed by atoms with Crippen molar-refractivity contribution in [2.75, 3.05) is 20.2 Å². The minimum atomic E-state index is -3.66. The molecule has 1 fully saturated rings. The van der Waals surface area contributed by atoms with E-state index in [4.69, 9.17) is 16.3 Å². The van der Waals surface area contributed by atoms with E-state index in [-0.39, 0.29) is 21.9 Å². The summed E-state index contributed by atoms with van der Waals surface area (Å²) in [4.78, 5) is 0.222. The third kappa shape index (κ3) is 3.83. The van der Waals surface area contributed by atoms with E-state index in [0.717, 1.165) is 18.7 Å². The van der Waals surface area contributed by atoms with Gasteiger partial charge in [0.05, 0.1) is 17.0 Å². The number of aryl methyl sites for hydroxylation is 1. The first-order valence-corrected chi connectivity index (χ1v) is 10.8. The molecule has 0 aliphatic carbocycles. The van der Waals surface area contributed by atoms with Gasteiger partial charge < -0.3 is 9.30 Å². The van der Waals surface area contributed by atoms with E-state index in [1.807, 2.05) is 4.57 Å². The number of sulfonamides is 1. The first-order chi connectivity index (χ1) is 12.8. The van der Waals surface area contributed by atoms with Gasteiger partial charge in [-0.2, -0.15) is 4.31 Å². The van der Waals surface area contributed by atoms with Gasteiger partial charge >= 0.3 is 0 Å². The molecule has 148 valence electrons. The predicted octanol–water partition coefficient (Wildman–Crippen LogP) is 3.40. The van der Waals surface area contributed by atoms with Crippen LogP contribution in [0, 0.1) is 6.92 Å². The van der Waals surface area contributed by atoms with E-state index in [2.05, 4.69) is 24.0 Å². The summed E-state index contributed by atoms with van der Waals surface area (Å²) in [5.74, 6) is 1.33. The number of nitrogens with zero attached hydrogens (tertiary/aromatic N) is 4. The van der Waals surface area contributed by atoms with Crippen LogP contribution in [0.5, 0.6) is 5.75 Å². The lowest BCUT2D eigenvalue weighted by Crippen LogP contribution is -2.40. The maximum atomic E-state index is 13.3. The van der Waals surface area contributed by atoms with Crippen LogP contribution in [0.2, 0.25) is 5.02 Å². The van der Waals surface area contributed by atoms with E-state index in [1.165, 1.54) is 17.5 Å². The first-order valence-electron chi connectivity index (χ1n) is 8.99. The molecule has 7 nitrogen and oxygen atoms in total. The van der Waals surface area contributed by atoms with Gasteiger partial charge in [0.15, 0.2) is 0 Å². The molecule has 1 aromatic carbocycles. The van der Waals surface area contributed by atoms with Gasteiger partial charge in [-0.15, -0.1) is 10.2 Å². The Morgan fingerprint density at radius 3 is 2.74 bits per heavy atom. The Morgan fingerprint density at radius 1 is 1.33 bits per heavy atom. The van der Waals surface area contributed by atoms with Crippen molar-refractivity contribution in [2.24, 2.45) is 0 Å². The van der Waals surface area contributed by atoms with Gasteiger partial charge in [0.25, 0.3) is 0 Å². The molecule has 27 heavy (non-hydrogen) atoms. The molecule has 9 heteroatoms. The van der Waals surface area contributed by atoms with Gasteiger partial charge in [-0.25, -0.2) is 8.42 Å². The summed E-state index contributed by atoms with van der Waals surface area (Å²) in [5.41, 5.74) is 0.615. The molecule has 2 aromatic rings. The maximum absolute atomic E-state index is 13.3. The minimum absolute atomic E-state index is 0.0208. The van der Waals surface area contributed by atoms with Gasteiger partial charge in [0, 0.05) is 25.0 Å². The van der Waals surface area contributed by atoms with Crippen LogP contribution in [-0.2, 0) is 10.0 Å². The van der Waals surface area contributed by atoms with E-state index in [9.17, 15) is 8.42 Å². The fourth-order valence-corrected chi connectivity index (χ4v) is 5.59. The quantitative estimate of drug-likeness (QED) is 0.752. The Bertz CT molecular complexity index is 927. The van der Waals surface area contributed by atoms with Crippen LogP contribution in [-0.4, -0.2) is 47.7 Å². The number of rotatable bonds is 5. The number of methoxy groups -OCH3 is 1. The second kappa shape index (κ2) is 7.77. The predicted molar refractivity (Wildman–Crippen MR) is 104 cm³/mol. The summed E-state index contributed by atoms with van der Waals surface area (Å²) in [5, 5.41) is 8.57. The maximum Gasteiger partial charge on any atom is 0.243 e. The number of ether oxygens (including phenoxy) is 1. The van der Waals surface area contributed by atoms with Crippen molar-refractivity contribution in [2.45, 2.75) is 50.5 Å². The molecule has 0 spiro atoms. The lowest BCUT2D eigenvalue weighted by atomic mass is 9.98. The molecule has 0 radical (unpaired) electrons. The van der Waals surface area contributed by atoms with Crippen molar-refractivity contribution in [3.05, 3.63) is 34.9 Å².